The number of unbranched alkanes of at least 4 members (excludes halogenated alkanes) is 1. The number of hydrogen-bond acceptors (Lipinski definition) is 13. The zero-order chi connectivity index (χ0) is 76.2. The molecule has 5 aromatic carbocycles. The Bertz CT molecular complexity index is 2880. The minimum Gasteiger partial charge on any atom is -0.494 e. The lowest BCUT2D eigenvalue weighted by Crippen LogP contribution is -2.23. The highest BCUT2D eigenvalue weighted by molar-refractivity contribution is 7.09. The number of aryl methyl sites for hydroxylation is 1. The maximum absolute atomic E-state index is 5.69. The van der Waals surface area contributed by atoms with Gasteiger partial charge in [-0.3, -0.25) is 4.98 Å². The number of rotatable bonds is 36. The number of anilines is 1. The third-order valence-corrected chi connectivity index (χ3v) is 14.7. The van der Waals surface area contributed by atoms with Crippen LogP contribution in [0.3, 0.4) is 0 Å². The van der Waals surface area contributed by atoms with Crippen molar-refractivity contribution in [1.29, 1.82) is 0 Å². The topological polar surface area (TPSA) is 108 Å². The molecule has 0 saturated heterocycles. The first kappa shape index (κ1) is 96.2. The highest BCUT2D eigenvalue weighted by Gasteiger charge is 2.11. The summed E-state index contributed by atoms with van der Waals surface area (Å²) in [6, 6.07) is 54.4. The monoisotopic (exact) mass is 1430 g/mol. The van der Waals surface area contributed by atoms with Gasteiger partial charge in [0.2, 0.25) is 0 Å². The molecular formula is C89H142N2O10S. The maximum atomic E-state index is 5.69. The number of benzene rings is 5. The molecule has 0 saturated carbocycles. The van der Waals surface area contributed by atoms with Crippen molar-refractivity contribution in [3.05, 3.63) is 208 Å². The van der Waals surface area contributed by atoms with Gasteiger partial charge in [-0.2, -0.15) is 0 Å². The van der Waals surface area contributed by atoms with Crippen LogP contribution in [-0.4, -0.2) is 126 Å². The molecule has 0 fully saturated rings. The summed E-state index contributed by atoms with van der Waals surface area (Å²) in [6.45, 7) is 51.1. The van der Waals surface area contributed by atoms with Gasteiger partial charge in [0.25, 0.3) is 0 Å². The van der Waals surface area contributed by atoms with Crippen LogP contribution in [0, 0.1) is 0 Å². The predicted molar refractivity (Wildman–Crippen MR) is 436 cm³/mol. The summed E-state index contributed by atoms with van der Waals surface area (Å²) in [4.78, 5) is 7.46. The van der Waals surface area contributed by atoms with Crippen molar-refractivity contribution < 1.29 is 47.4 Å². The molecule has 13 heteroatoms. The predicted octanol–water partition coefficient (Wildman–Crippen LogP) is 22.6. The number of aromatic nitrogens is 1. The Morgan fingerprint density at radius 2 is 0.853 bits per heavy atom. The lowest BCUT2D eigenvalue weighted by Gasteiger charge is -2.22. The van der Waals surface area contributed by atoms with Crippen LogP contribution in [0.15, 0.2) is 175 Å². The van der Waals surface area contributed by atoms with E-state index in [4.69, 9.17) is 47.4 Å². The summed E-state index contributed by atoms with van der Waals surface area (Å²) in [6.07, 6.45) is 14.7. The summed E-state index contributed by atoms with van der Waals surface area (Å²) >= 11 is 1.79. The Hall–Kier alpha value is -5.81. The first-order chi connectivity index (χ1) is 48.6. The van der Waals surface area contributed by atoms with E-state index in [2.05, 4.69) is 234 Å². The Labute approximate surface area is 627 Å². The smallest absolute Gasteiger partial charge is 0.119 e. The molecule has 0 aliphatic rings. The van der Waals surface area contributed by atoms with Gasteiger partial charge in [-0.15, -0.1) is 11.3 Å². The Balaban J connectivity index is 0.00000115. The second-order valence-electron chi connectivity index (χ2n) is 27.9. The van der Waals surface area contributed by atoms with Crippen molar-refractivity contribution in [2.75, 3.05) is 71.9 Å². The first-order valence-corrected chi connectivity index (χ1v) is 38.6. The zero-order valence-electron chi connectivity index (χ0n) is 68.0. The standard InChI is InChI=1S/C16H18O.C14H22O2.C13H21NO.C12H18O.C10H15NO.C9H14OS.C8H18O2.C7H16O/c1-13(2)17-12-15-10-6-7-11-16(15)14-8-4-3-5-9-14;1-4-5-10-15-14-8-6-13(7-9-14)11-16-12(2)3;1-11(2)15-10-9-12-5-7-13(8-6-12)14(3)4;1-11(2)13-10-6-9-12-7-4-3-5-8-12;1-9(2)12-8-5-10-3-6-11-7-4-10;1-8(2)10-6-5-9-4-3-7-11-9;1-4-9-6-5-7-10-8(2)3;1-6(2)8-7(3,4)5/h3-11,13H,12H2,1-2H3;6-9,12H,4-5,10-11H2,1-3H3;5-8,11H,9-10H2,1-4H3;3-5,7-8,11H,6,9-10H2,1-2H3;3-4,6-7,9H,5,8H2,1-2H3;3-4,7-8H,5-6H2,1-2H3;8H,4-7H2,1-3H3;6H,1-5H3. The van der Waals surface area contributed by atoms with E-state index >= 15 is 0 Å². The van der Waals surface area contributed by atoms with E-state index in [1.165, 1.54) is 55.9 Å². The van der Waals surface area contributed by atoms with Crippen LogP contribution in [0.1, 0.15) is 204 Å². The van der Waals surface area contributed by atoms with Crippen molar-refractivity contribution in [3.63, 3.8) is 0 Å². The van der Waals surface area contributed by atoms with Crippen molar-refractivity contribution in [2.24, 2.45) is 0 Å². The van der Waals surface area contributed by atoms with Gasteiger partial charge in [0, 0.05) is 69.9 Å². The molecule has 0 aliphatic carbocycles. The molecular weight excluding hydrogens is 1290 g/mol. The second-order valence-corrected chi connectivity index (χ2v) is 28.9. The molecule has 574 valence electrons. The van der Waals surface area contributed by atoms with Gasteiger partial charge in [0.15, 0.2) is 0 Å². The van der Waals surface area contributed by atoms with Gasteiger partial charge < -0.3 is 52.3 Å². The van der Waals surface area contributed by atoms with E-state index in [-0.39, 0.29) is 17.8 Å². The van der Waals surface area contributed by atoms with Gasteiger partial charge in [0.1, 0.15) is 5.75 Å². The molecule has 0 amide bonds. The van der Waals surface area contributed by atoms with Crippen molar-refractivity contribution in [3.8, 4) is 16.9 Å². The first-order valence-electron chi connectivity index (χ1n) is 37.8. The summed E-state index contributed by atoms with van der Waals surface area (Å²) < 4.78 is 54.5. The fraction of sp³-hybridized carbons (Fsp3) is 0.562. The molecule has 7 aromatic rings. The molecule has 2 heterocycles. The molecule has 0 atom stereocenters. The van der Waals surface area contributed by atoms with Gasteiger partial charge in [-0.1, -0.05) is 129 Å². The van der Waals surface area contributed by atoms with Gasteiger partial charge in [-0.05, 0) is 264 Å². The molecule has 102 heavy (non-hydrogen) atoms. The Morgan fingerprint density at radius 1 is 0.392 bits per heavy atom. The van der Waals surface area contributed by atoms with E-state index in [0.29, 0.717) is 49.8 Å². The molecule has 0 spiro atoms. The molecule has 0 aliphatic heterocycles. The van der Waals surface area contributed by atoms with Gasteiger partial charge in [0.05, 0.1) is 94.1 Å². The maximum Gasteiger partial charge on any atom is 0.119 e. The van der Waals surface area contributed by atoms with Crippen LogP contribution in [0.2, 0.25) is 0 Å². The van der Waals surface area contributed by atoms with Crippen LogP contribution in [0.25, 0.3) is 11.1 Å². The third kappa shape index (κ3) is 60.6. The fourth-order valence-electron chi connectivity index (χ4n) is 8.84. The van der Waals surface area contributed by atoms with Crippen molar-refractivity contribution in [1.82, 2.24) is 4.98 Å². The number of hydrogen-bond donors (Lipinski definition) is 0. The minimum absolute atomic E-state index is 0.0220. The van der Waals surface area contributed by atoms with E-state index in [9.17, 15) is 0 Å². The molecule has 0 radical (unpaired) electrons. The van der Waals surface area contributed by atoms with Crippen LogP contribution in [-0.2, 0) is 81.5 Å². The Morgan fingerprint density at radius 3 is 1.32 bits per heavy atom. The summed E-state index contributed by atoms with van der Waals surface area (Å²) in [5, 5.41) is 2.10. The highest BCUT2D eigenvalue weighted by atomic mass is 32.1. The zero-order valence-corrected chi connectivity index (χ0v) is 68.8. The normalized spacial score (nSPS) is 10.9. The van der Waals surface area contributed by atoms with Crippen LogP contribution < -0.4 is 9.64 Å². The summed E-state index contributed by atoms with van der Waals surface area (Å²) in [7, 11) is 4.10. The number of ether oxygens (including phenoxy) is 10. The van der Waals surface area contributed by atoms with E-state index in [1.807, 2.05) is 111 Å². The van der Waals surface area contributed by atoms with Crippen LogP contribution >= 0.6 is 11.3 Å². The van der Waals surface area contributed by atoms with Crippen LogP contribution in [0.4, 0.5) is 5.69 Å². The lowest BCUT2D eigenvalue weighted by molar-refractivity contribution is -0.0424. The summed E-state index contributed by atoms with van der Waals surface area (Å²) in [5.74, 6) is 0.946. The Kier molecular flexibility index (Phi) is 59.0. The van der Waals surface area contributed by atoms with Gasteiger partial charge in [-0.25, -0.2) is 0 Å². The summed E-state index contributed by atoms with van der Waals surface area (Å²) in [5.41, 5.74) is 10.2. The fourth-order valence-corrected chi connectivity index (χ4v) is 9.53. The van der Waals surface area contributed by atoms with E-state index < -0.39 is 0 Å². The molecule has 12 nitrogen and oxygen atoms in total. The number of thiophene rings is 1. The lowest BCUT2D eigenvalue weighted by atomic mass is 10.0. The molecule has 2 aromatic heterocycles. The van der Waals surface area contributed by atoms with E-state index in [0.717, 1.165) is 104 Å². The highest BCUT2D eigenvalue weighted by Crippen LogP contribution is 2.24. The quantitative estimate of drug-likeness (QED) is 0.0349. The van der Waals surface area contributed by atoms with E-state index in [1.54, 1.807) is 11.3 Å². The largest absolute Gasteiger partial charge is 0.494 e. The second kappa shape index (κ2) is 62.6. The molecule has 0 bridgehead atoms. The molecule has 0 unspecified atom stereocenters. The minimum atomic E-state index is 0.0220. The third-order valence-electron chi connectivity index (χ3n) is 13.8. The average molecular weight is 1430 g/mol. The SMILES string of the molecule is CC(C)OC(C)(C)C.CC(C)OCCCc1ccccc1.CC(C)OCCc1ccc(N(C)C)cc1.CC(C)OCCc1cccs1.CC(C)OCCc1ccncc1.CC(C)OCc1ccccc1-c1ccccc1.CCCCOc1ccc(COC(C)C)cc1.CCOCCCOC(C)C. The molecule has 7 rings (SSSR count). The number of pyridine rings is 1. The van der Waals surface area contributed by atoms with Crippen molar-refractivity contribution >= 4 is 17.0 Å². The van der Waals surface area contributed by atoms with Crippen LogP contribution in [0.5, 0.6) is 5.75 Å². The van der Waals surface area contributed by atoms with Gasteiger partial charge >= 0.3 is 0 Å². The average Bonchev–Trinajstić information content (AvgIpc) is 0.930. The molecule has 0 N–H and O–H groups in total. The number of nitrogens with zero attached hydrogens (tertiary/aromatic N) is 2. The van der Waals surface area contributed by atoms with Crippen molar-refractivity contribution in [2.45, 2.75) is 264 Å².